The molecule has 0 radical (unpaired) electrons. The quantitative estimate of drug-likeness (QED) is 0.899. The van der Waals surface area contributed by atoms with Crippen LogP contribution < -0.4 is 24.8 Å². The van der Waals surface area contributed by atoms with Crippen LogP contribution in [0.15, 0.2) is 36.4 Å². The van der Waals surface area contributed by atoms with E-state index in [0.717, 1.165) is 5.56 Å². The molecule has 0 bridgehead atoms. The molecule has 1 heterocycles. The van der Waals surface area contributed by atoms with E-state index in [1.54, 1.807) is 18.2 Å². The summed E-state index contributed by atoms with van der Waals surface area (Å²) in [5.74, 6) is 1.82. The van der Waals surface area contributed by atoms with Gasteiger partial charge in [-0.05, 0) is 29.8 Å². The summed E-state index contributed by atoms with van der Waals surface area (Å²) in [5, 5.41) is 5.91. The van der Waals surface area contributed by atoms with Crippen molar-refractivity contribution in [1.82, 2.24) is 5.32 Å². The van der Waals surface area contributed by atoms with Gasteiger partial charge in [-0.15, -0.1) is 0 Å². The Hall–Kier alpha value is -2.60. The Balaban J connectivity index is 1.61. The lowest BCUT2D eigenvalue weighted by Crippen LogP contribution is -2.28. The van der Waals surface area contributed by atoms with Crippen LogP contribution in [0.2, 0.25) is 5.02 Å². The van der Waals surface area contributed by atoms with E-state index in [1.165, 1.54) is 7.11 Å². The largest absolute Gasteiger partial charge is 0.493 e. The van der Waals surface area contributed by atoms with Crippen molar-refractivity contribution in [3.8, 4) is 17.2 Å². The number of anilines is 1. The summed E-state index contributed by atoms with van der Waals surface area (Å²) in [6.07, 6.45) is 0. The van der Waals surface area contributed by atoms with Crippen LogP contribution in [0.5, 0.6) is 17.2 Å². The molecule has 2 amide bonds. The number of carbonyl (C=O) groups excluding carboxylic acids is 1. The second kappa shape index (κ2) is 6.66. The van der Waals surface area contributed by atoms with Gasteiger partial charge < -0.3 is 24.8 Å². The standard InChI is InChI=1S/C16H15ClN2O4/c1-21-15-11(17)3-2-4-12(15)19-16(20)18-8-10-5-6-13-14(7-10)23-9-22-13/h2-7H,8-9H2,1H3,(H2,18,19,20). The highest BCUT2D eigenvalue weighted by Crippen LogP contribution is 2.33. The monoisotopic (exact) mass is 334 g/mol. The molecule has 0 atom stereocenters. The van der Waals surface area contributed by atoms with Crippen molar-refractivity contribution >= 4 is 23.3 Å². The van der Waals surface area contributed by atoms with Crippen LogP contribution in [0.3, 0.4) is 0 Å². The zero-order chi connectivity index (χ0) is 16.2. The van der Waals surface area contributed by atoms with E-state index in [-0.39, 0.29) is 12.8 Å². The molecule has 23 heavy (non-hydrogen) atoms. The molecule has 0 fully saturated rings. The van der Waals surface area contributed by atoms with Crippen molar-refractivity contribution in [1.29, 1.82) is 0 Å². The van der Waals surface area contributed by atoms with Crippen molar-refractivity contribution < 1.29 is 19.0 Å². The Bertz CT molecular complexity index is 736. The van der Waals surface area contributed by atoms with Gasteiger partial charge in [0.15, 0.2) is 17.2 Å². The van der Waals surface area contributed by atoms with Crippen LogP contribution in [0.25, 0.3) is 0 Å². The molecule has 2 aromatic rings. The third-order valence-corrected chi connectivity index (χ3v) is 3.61. The number of amides is 2. The maximum Gasteiger partial charge on any atom is 0.319 e. The normalized spacial score (nSPS) is 11.9. The number of fused-ring (bicyclic) bond motifs is 1. The molecule has 0 unspecified atom stereocenters. The molecule has 2 aromatic carbocycles. The van der Waals surface area contributed by atoms with E-state index in [0.29, 0.717) is 34.5 Å². The Morgan fingerprint density at radius 1 is 1.26 bits per heavy atom. The molecule has 2 N–H and O–H groups in total. The fraction of sp³-hybridized carbons (Fsp3) is 0.188. The minimum atomic E-state index is -0.358. The van der Waals surface area contributed by atoms with E-state index in [2.05, 4.69) is 10.6 Å². The van der Waals surface area contributed by atoms with Gasteiger partial charge in [0.25, 0.3) is 0 Å². The summed E-state index contributed by atoms with van der Waals surface area (Å²) in [6, 6.07) is 10.3. The first-order valence-corrected chi connectivity index (χ1v) is 7.31. The van der Waals surface area contributed by atoms with Crippen LogP contribution in [-0.4, -0.2) is 19.9 Å². The first-order chi connectivity index (χ1) is 11.2. The average molecular weight is 335 g/mol. The topological polar surface area (TPSA) is 68.8 Å². The van der Waals surface area contributed by atoms with Gasteiger partial charge in [0.1, 0.15) is 0 Å². The minimum Gasteiger partial charge on any atom is -0.493 e. The van der Waals surface area contributed by atoms with Gasteiger partial charge >= 0.3 is 6.03 Å². The average Bonchev–Trinajstić information content (AvgIpc) is 3.01. The zero-order valence-corrected chi connectivity index (χ0v) is 13.1. The number of benzene rings is 2. The van der Waals surface area contributed by atoms with E-state index < -0.39 is 0 Å². The highest BCUT2D eigenvalue weighted by molar-refractivity contribution is 6.32. The van der Waals surface area contributed by atoms with Crippen LogP contribution >= 0.6 is 11.6 Å². The first kappa shape index (κ1) is 15.3. The Morgan fingerprint density at radius 2 is 2.09 bits per heavy atom. The van der Waals surface area contributed by atoms with Crippen LogP contribution in [0, 0.1) is 0 Å². The Morgan fingerprint density at radius 3 is 2.91 bits per heavy atom. The molecule has 6 nitrogen and oxygen atoms in total. The number of ether oxygens (including phenoxy) is 3. The summed E-state index contributed by atoms with van der Waals surface area (Å²) >= 11 is 6.02. The molecule has 120 valence electrons. The molecular weight excluding hydrogens is 320 g/mol. The lowest BCUT2D eigenvalue weighted by Gasteiger charge is -2.12. The Labute approximate surface area is 138 Å². The summed E-state index contributed by atoms with van der Waals surface area (Å²) in [6.45, 7) is 0.576. The number of carbonyl (C=O) groups is 1. The van der Waals surface area contributed by atoms with Gasteiger partial charge in [-0.3, -0.25) is 0 Å². The second-order valence-electron chi connectivity index (χ2n) is 4.82. The number of hydrogen-bond acceptors (Lipinski definition) is 4. The maximum atomic E-state index is 12.0. The maximum absolute atomic E-state index is 12.0. The fourth-order valence-corrected chi connectivity index (χ4v) is 2.47. The third-order valence-electron chi connectivity index (χ3n) is 3.31. The number of urea groups is 1. The molecule has 0 saturated heterocycles. The predicted octanol–water partition coefficient (Wildman–Crippen LogP) is 3.40. The summed E-state index contributed by atoms with van der Waals surface area (Å²) in [4.78, 5) is 12.0. The highest BCUT2D eigenvalue weighted by atomic mass is 35.5. The van der Waals surface area contributed by atoms with E-state index in [1.807, 2.05) is 18.2 Å². The van der Waals surface area contributed by atoms with Gasteiger partial charge in [0, 0.05) is 6.54 Å². The molecule has 3 rings (SSSR count). The predicted molar refractivity (Wildman–Crippen MR) is 86.4 cm³/mol. The zero-order valence-electron chi connectivity index (χ0n) is 12.4. The molecule has 0 spiro atoms. The fourth-order valence-electron chi connectivity index (χ4n) is 2.21. The van der Waals surface area contributed by atoms with Gasteiger partial charge in [-0.25, -0.2) is 4.79 Å². The van der Waals surface area contributed by atoms with Crippen molar-refractivity contribution in [2.24, 2.45) is 0 Å². The van der Waals surface area contributed by atoms with Gasteiger partial charge in [0.05, 0.1) is 17.8 Å². The van der Waals surface area contributed by atoms with Crippen LogP contribution in [-0.2, 0) is 6.54 Å². The SMILES string of the molecule is COc1c(Cl)cccc1NC(=O)NCc1ccc2c(c1)OCO2. The third kappa shape index (κ3) is 3.43. The number of rotatable bonds is 4. The molecule has 0 saturated carbocycles. The summed E-state index contributed by atoms with van der Waals surface area (Å²) < 4.78 is 15.7. The number of methoxy groups -OCH3 is 1. The lowest BCUT2D eigenvalue weighted by atomic mass is 10.2. The molecule has 7 heteroatoms. The molecule has 1 aliphatic rings. The molecule has 1 aliphatic heterocycles. The number of para-hydroxylation sites is 1. The van der Waals surface area contributed by atoms with Gasteiger partial charge in [-0.2, -0.15) is 0 Å². The second-order valence-corrected chi connectivity index (χ2v) is 5.22. The molecule has 0 aliphatic carbocycles. The summed E-state index contributed by atoms with van der Waals surface area (Å²) in [5.41, 5.74) is 1.41. The number of halogens is 1. The van der Waals surface area contributed by atoms with E-state index in [4.69, 9.17) is 25.8 Å². The number of hydrogen-bond donors (Lipinski definition) is 2. The highest BCUT2D eigenvalue weighted by Gasteiger charge is 2.14. The van der Waals surface area contributed by atoms with Gasteiger partial charge in [-0.1, -0.05) is 23.7 Å². The lowest BCUT2D eigenvalue weighted by molar-refractivity contribution is 0.174. The van der Waals surface area contributed by atoms with E-state index in [9.17, 15) is 4.79 Å². The number of nitrogens with one attached hydrogen (secondary N) is 2. The van der Waals surface area contributed by atoms with E-state index >= 15 is 0 Å². The Kier molecular flexibility index (Phi) is 4.43. The first-order valence-electron chi connectivity index (χ1n) is 6.93. The van der Waals surface area contributed by atoms with Gasteiger partial charge in [0.2, 0.25) is 6.79 Å². The minimum absolute atomic E-state index is 0.223. The van der Waals surface area contributed by atoms with Crippen molar-refractivity contribution in [2.75, 3.05) is 19.2 Å². The molecular formula is C16H15ClN2O4. The van der Waals surface area contributed by atoms with Crippen molar-refractivity contribution in [2.45, 2.75) is 6.54 Å². The smallest absolute Gasteiger partial charge is 0.319 e. The van der Waals surface area contributed by atoms with Crippen LogP contribution in [0.1, 0.15) is 5.56 Å². The van der Waals surface area contributed by atoms with Crippen LogP contribution in [0.4, 0.5) is 10.5 Å². The molecule has 0 aromatic heterocycles. The van der Waals surface area contributed by atoms with Crippen molar-refractivity contribution in [3.05, 3.63) is 47.0 Å². The van der Waals surface area contributed by atoms with Crippen molar-refractivity contribution in [3.63, 3.8) is 0 Å². The summed E-state index contributed by atoms with van der Waals surface area (Å²) in [7, 11) is 1.50.